The van der Waals surface area contributed by atoms with Crippen LogP contribution in [0.3, 0.4) is 0 Å². The summed E-state index contributed by atoms with van der Waals surface area (Å²) >= 11 is 0. The maximum atomic E-state index is 12.2. The molecule has 94 valence electrons. The van der Waals surface area contributed by atoms with E-state index in [1.54, 1.807) is 4.68 Å². The Hall–Kier alpha value is -1.12. The number of hydrogen-bond donors (Lipinski definition) is 0. The lowest BCUT2D eigenvalue weighted by atomic mass is 9.78. The molecular formula is C14H22N2O. The van der Waals surface area contributed by atoms with Gasteiger partial charge in [-0.1, -0.05) is 20.3 Å². The fourth-order valence-corrected chi connectivity index (χ4v) is 2.97. The predicted molar refractivity (Wildman–Crippen MR) is 67.7 cm³/mol. The van der Waals surface area contributed by atoms with Crippen molar-refractivity contribution in [1.82, 2.24) is 9.78 Å². The highest BCUT2D eigenvalue weighted by atomic mass is 16.1. The van der Waals surface area contributed by atoms with E-state index in [4.69, 9.17) is 0 Å². The lowest BCUT2D eigenvalue weighted by Crippen LogP contribution is -2.25. The number of ketones is 1. The Balaban J connectivity index is 1.89. The lowest BCUT2D eigenvalue weighted by molar-refractivity contribution is -0.125. The molecule has 0 saturated heterocycles. The van der Waals surface area contributed by atoms with Gasteiger partial charge in [0, 0.05) is 25.6 Å². The Morgan fingerprint density at radius 2 is 2.35 bits per heavy atom. The molecule has 1 aliphatic carbocycles. The fourth-order valence-electron chi connectivity index (χ4n) is 2.97. The van der Waals surface area contributed by atoms with Gasteiger partial charge in [-0.25, -0.2) is 0 Å². The Morgan fingerprint density at radius 3 is 2.88 bits per heavy atom. The van der Waals surface area contributed by atoms with E-state index in [0.29, 0.717) is 12.2 Å². The molecule has 2 rings (SSSR count). The number of hydrogen-bond acceptors (Lipinski definition) is 2. The molecule has 0 aromatic carbocycles. The van der Waals surface area contributed by atoms with Crippen molar-refractivity contribution in [2.45, 2.75) is 46.0 Å². The van der Waals surface area contributed by atoms with E-state index in [9.17, 15) is 4.79 Å². The maximum absolute atomic E-state index is 12.2. The van der Waals surface area contributed by atoms with Gasteiger partial charge in [0.05, 0.1) is 6.20 Å². The Labute approximate surface area is 103 Å². The summed E-state index contributed by atoms with van der Waals surface area (Å²) in [6.07, 6.45) is 8.82. The van der Waals surface area contributed by atoms with E-state index >= 15 is 0 Å². The van der Waals surface area contributed by atoms with Crippen molar-refractivity contribution >= 4 is 5.78 Å². The van der Waals surface area contributed by atoms with E-state index in [0.717, 1.165) is 18.4 Å². The Kier molecular flexibility index (Phi) is 3.36. The minimum atomic E-state index is 0.214. The first kappa shape index (κ1) is 12.3. The summed E-state index contributed by atoms with van der Waals surface area (Å²) in [6, 6.07) is 0. The second-order valence-electron chi connectivity index (χ2n) is 5.92. The van der Waals surface area contributed by atoms with Gasteiger partial charge in [-0.15, -0.1) is 0 Å². The van der Waals surface area contributed by atoms with Crippen LogP contribution in [-0.2, 0) is 18.3 Å². The van der Waals surface area contributed by atoms with E-state index in [-0.39, 0.29) is 11.3 Å². The standard InChI is InChI=1S/C14H22N2O/c1-14(2)8-4-5-12(14)13(17)7-6-11-9-15-16(3)10-11/h9-10,12H,4-8H2,1-3H3. The highest BCUT2D eigenvalue weighted by Crippen LogP contribution is 2.43. The van der Waals surface area contributed by atoms with Crippen molar-refractivity contribution in [1.29, 1.82) is 0 Å². The van der Waals surface area contributed by atoms with Gasteiger partial charge in [0.15, 0.2) is 0 Å². The minimum absolute atomic E-state index is 0.214. The topological polar surface area (TPSA) is 34.9 Å². The van der Waals surface area contributed by atoms with Crippen LogP contribution in [0.2, 0.25) is 0 Å². The third-order valence-corrected chi connectivity index (χ3v) is 4.06. The van der Waals surface area contributed by atoms with Crippen LogP contribution in [0.25, 0.3) is 0 Å². The van der Waals surface area contributed by atoms with Gasteiger partial charge in [-0.2, -0.15) is 5.10 Å². The van der Waals surface area contributed by atoms with Crippen LogP contribution in [0.5, 0.6) is 0 Å². The smallest absolute Gasteiger partial charge is 0.136 e. The van der Waals surface area contributed by atoms with Gasteiger partial charge in [0.1, 0.15) is 5.78 Å². The van der Waals surface area contributed by atoms with Crippen molar-refractivity contribution in [3.05, 3.63) is 18.0 Å². The highest BCUT2D eigenvalue weighted by Gasteiger charge is 2.38. The first-order valence-electron chi connectivity index (χ1n) is 6.49. The molecule has 0 N–H and O–H groups in total. The summed E-state index contributed by atoms with van der Waals surface area (Å²) in [5.74, 6) is 0.718. The highest BCUT2D eigenvalue weighted by molar-refractivity contribution is 5.82. The summed E-state index contributed by atoms with van der Waals surface area (Å²) in [7, 11) is 1.91. The molecule has 1 aromatic rings. The normalized spacial score (nSPS) is 22.9. The van der Waals surface area contributed by atoms with Crippen molar-refractivity contribution in [2.75, 3.05) is 0 Å². The van der Waals surface area contributed by atoms with Gasteiger partial charge in [0.25, 0.3) is 0 Å². The first-order chi connectivity index (χ1) is 7.99. The van der Waals surface area contributed by atoms with E-state index in [1.165, 1.54) is 12.8 Å². The Morgan fingerprint density at radius 1 is 1.59 bits per heavy atom. The summed E-state index contributed by atoms with van der Waals surface area (Å²) in [6.45, 7) is 4.46. The number of carbonyl (C=O) groups is 1. The van der Waals surface area contributed by atoms with E-state index in [2.05, 4.69) is 18.9 Å². The van der Waals surface area contributed by atoms with Crippen molar-refractivity contribution in [2.24, 2.45) is 18.4 Å². The van der Waals surface area contributed by atoms with Crippen molar-refractivity contribution in [3.63, 3.8) is 0 Å². The molecule has 1 aromatic heterocycles. The van der Waals surface area contributed by atoms with Gasteiger partial charge >= 0.3 is 0 Å². The molecule has 1 fully saturated rings. The van der Waals surface area contributed by atoms with Crippen molar-refractivity contribution in [3.8, 4) is 0 Å². The number of carbonyl (C=O) groups excluding carboxylic acids is 1. The molecule has 3 heteroatoms. The van der Waals surface area contributed by atoms with Gasteiger partial charge in [-0.3, -0.25) is 9.48 Å². The first-order valence-corrected chi connectivity index (χ1v) is 6.49. The van der Waals surface area contributed by atoms with Crippen LogP contribution < -0.4 is 0 Å². The molecule has 1 atom stereocenters. The number of rotatable bonds is 4. The largest absolute Gasteiger partial charge is 0.299 e. The Bertz CT molecular complexity index is 406. The molecule has 1 heterocycles. The van der Waals surface area contributed by atoms with Crippen molar-refractivity contribution < 1.29 is 4.79 Å². The molecular weight excluding hydrogens is 212 g/mol. The van der Waals surface area contributed by atoms with Crippen LogP contribution >= 0.6 is 0 Å². The molecule has 0 radical (unpaired) electrons. The van der Waals surface area contributed by atoms with Gasteiger partial charge < -0.3 is 0 Å². The monoisotopic (exact) mass is 234 g/mol. The van der Waals surface area contributed by atoms with Crippen LogP contribution in [0.1, 0.15) is 45.1 Å². The molecule has 0 spiro atoms. The second-order valence-corrected chi connectivity index (χ2v) is 5.92. The summed E-state index contributed by atoms with van der Waals surface area (Å²) in [5.41, 5.74) is 1.38. The molecule has 3 nitrogen and oxygen atoms in total. The van der Waals surface area contributed by atoms with Crippen LogP contribution in [-0.4, -0.2) is 15.6 Å². The van der Waals surface area contributed by atoms with Gasteiger partial charge in [-0.05, 0) is 30.2 Å². The van der Waals surface area contributed by atoms with Crippen LogP contribution in [0.4, 0.5) is 0 Å². The molecule has 0 bridgehead atoms. The molecule has 17 heavy (non-hydrogen) atoms. The summed E-state index contributed by atoms with van der Waals surface area (Å²) in [4.78, 5) is 12.2. The zero-order chi connectivity index (χ0) is 12.5. The summed E-state index contributed by atoms with van der Waals surface area (Å²) < 4.78 is 1.79. The third-order valence-electron chi connectivity index (χ3n) is 4.06. The maximum Gasteiger partial charge on any atom is 0.136 e. The average Bonchev–Trinajstić information content (AvgIpc) is 2.81. The molecule has 1 saturated carbocycles. The fraction of sp³-hybridized carbons (Fsp3) is 0.714. The zero-order valence-corrected chi connectivity index (χ0v) is 11.1. The summed E-state index contributed by atoms with van der Waals surface area (Å²) in [5, 5.41) is 4.13. The van der Waals surface area contributed by atoms with Crippen LogP contribution in [0.15, 0.2) is 12.4 Å². The zero-order valence-electron chi connectivity index (χ0n) is 11.1. The van der Waals surface area contributed by atoms with E-state index in [1.807, 2.05) is 19.4 Å². The predicted octanol–water partition coefficient (Wildman–Crippen LogP) is 2.75. The second kappa shape index (κ2) is 4.63. The molecule has 0 aliphatic heterocycles. The molecule has 0 amide bonds. The molecule has 1 aliphatic rings. The van der Waals surface area contributed by atoms with Gasteiger partial charge in [0.2, 0.25) is 0 Å². The molecule has 1 unspecified atom stereocenters. The SMILES string of the molecule is Cn1cc(CCC(=O)C2CCCC2(C)C)cn1. The minimum Gasteiger partial charge on any atom is -0.299 e. The number of aromatic nitrogens is 2. The average molecular weight is 234 g/mol. The quantitative estimate of drug-likeness (QED) is 0.803. The van der Waals surface area contributed by atoms with Crippen LogP contribution in [0, 0.1) is 11.3 Å². The van der Waals surface area contributed by atoms with E-state index < -0.39 is 0 Å². The number of nitrogens with zero attached hydrogens (tertiary/aromatic N) is 2. The lowest BCUT2D eigenvalue weighted by Gasteiger charge is -2.25. The third kappa shape index (κ3) is 2.76. The number of aryl methyl sites for hydroxylation is 2. The number of Topliss-reactive ketones (excluding diaryl/α,β-unsaturated/α-hetero) is 1.